The summed E-state index contributed by atoms with van der Waals surface area (Å²) in [5.74, 6) is -8.37. The third kappa shape index (κ3) is 6.52. The SMILES string of the molecule is [2H]C1([2H])NC(=O)N([C@H](COC2CC2)c2cnn3cc([C@@H](NC(=O)c4ccnn4C(C)C)C4CCC(F)(F)CC4)nc3c2)C([2H])([2H])C1(F)F. The minimum Gasteiger partial charge on any atom is -0.376 e. The smallest absolute Gasteiger partial charge is 0.318 e. The second kappa shape index (κ2) is 11.6. The summed E-state index contributed by atoms with van der Waals surface area (Å²) in [6.07, 6.45) is 4.91. The predicted octanol–water partition coefficient (Wildman–Crippen LogP) is 4.68. The Hall–Kier alpha value is -3.75. The van der Waals surface area contributed by atoms with E-state index in [0.717, 1.165) is 0 Å². The van der Waals surface area contributed by atoms with E-state index >= 15 is 8.78 Å². The minimum atomic E-state index is -4.66. The van der Waals surface area contributed by atoms with E-state index in [2.05, 4.69) is 20.5 Å². The number of halogens is 4. The van der Waals surface area contributed by atoms with Crippen molar-refractivity contribution in [1.82, 2.24) is 39.9 Å². The van der Waals surface area contributed by atoms with Gasteiger partial charge in [-0.3, -0.25) is 9.48 Å². The molecule has 0 bridgehead atoms. The molecule has 44 heavy (non-hydrogen) atoms. The molecule has 2 N–H and O–H groups in total. The largest absolute Gasteiger partial charge is 0.376 e. The predicted molar refractivity (Wildman–Crippen MR) is 149 cm³/mol. The molecule has 2 aliphatic carbocycles. The standard InChI is InChI=1S/C29H36F4N8O3/c1-17(2)41-22(7-10-35-41)26(42)38-25(18-5-8-28(30,31)9-6-18)21-13-40-24(37-21)11-19(12-36-40)23(14-44-20-3-4-20)39-16-29(32,33)15-34-27(39)43/h7,10-13,17-18,20,23,25H,3-6,8-9,14-16H2,1-2H3,(H,34,43)(H,38,42)/t23-,25+/m1/s1/i15D2,16D2. The van der Waals surface area contributed by atoms with Crippen LogP contribution in [0.3, 0.4) is 0 Å². The number of nitrogens with zero attached hydrogens (tertiary/aromatic N) is 6. The summed E-state index contributed by atoms with van der Waals surface area (Å²) >= 11 is 0. The lowest BCUT2D eigenvalue weighted by Gasteiger charge is -2.38. The van der Waals surface area contributed by atoms with Gasteiger partial charge in [-0.1, -0.05) is 0 Å². The molecule has 15 heteroatoms. The molecular weight excluding hydrogens is 584 g/mol. The van der Waals surface area contributed by atoms with Crippen molar-refractivity contribution in [1.29, 1.82) is 0 Å². The topological polar surface area (TPSA) is 119 Å². The van der Waals surface area contributed by atoms with Crippen molar-refractivity contribution in [2.75, 3.05) is 19.6 Å². The highest BCUT2D eigenvalue weighted by Crippen LogP contribution is 2.41. The number of nitrogens with one attached hydrogen (secondary N) is 2. The lowest BCUT2D eigenvalue weighted by molar-refractivity contribution is -0.0542. The molecule has 1 saturated heterocycles. The van der Waals surface area contributed by atoms with Crippen molar-refractivity contribution in [2.24, 2.45) is 5.92 Å². The zero-order valence-electron chi connectivity index (χ0n) is 28.1. The van der Waals surface area contributed by atoms with E-state index < -0.39 is 54.8 Å². The van der Waals surface area contributed by atoms with Crippen LogP contribution in [0.1, 0.15) is 97.7 Å². The van der Waals surface area contributed by atoms with Crippen LogP contribution in [-0.2, 0) is 4.74 Å². The third-order valence-corrected chi connectivity index (χ3v) is 8.11. The number of alkyl halides is 4. The fourth-order valence-corrected chi connectivity index (χ4v) is 5.62. The first-order chi connectivity index (χ1) is 22.4. The van der Waals surface area contributed by atoms with E-state index in [4.69, 9.17) is 10.2 Å². The molecule has 3 aromatic rings. The van der Waals surface area contributed by atoms with Crippen molar-refractivity contribution in [2.45, 2.75) is 88.4 Å². The van der Waals surface area contributed by atoms with Gasteiger partial charge in [-0.15, -0.1) is 0 Å². The lowest BCUT2D eigenvalue weighted by Crippen LogP contribution is -2.58. The van der Waals surface area contributed by atoms with Gasteiger partial charge in [-0.05, 0) is 57.6 Å². The maximum Gasteiger partial charge on any atom is 0.318 e. The first kappa shape index (κ1) is 25.6. The summed E-state index contributed by atoms with van der Waals surface area (Å²) in [7, 11) is 0. The van der Waals surface area contributed by atoms with E-state index in [1.54, 1.807) is 11.4 Å². The average molecular weight is 625 g/mol. The number of carbonyl (C=O) groups excluding carboxylic acids is 2. The second-order valence-electron chi connectivity index (χ2n) is 11.8. The molecular formula is C29H36F4N8O3. The Morgan fingerprint density at radius 3 is 2.64 bits per heavy atom. The zero-order chi connectivity index (χ0) is 34.8. The van der Waals surface area contributed by atoms with Gasteiger partial charge >= 0.3 is 6.03 Å². The number of ether oxygens (including phenoxy) is 1. The summed E-state index contributed by atoms with van der Waals surface area (Å²) in [6.45, 7) is -4.11. The molecule has 6 rings (SSSR count). The van der Waals surface area contributed by atoms with Gasteiger partial charge in [-0.25, -0.2) is 31.9 Å². The molecule has 3 fully saturated rings. The summed E-state index contributed by atoms with van der Waals surface area (Å²) in [4.78, 5) is 31.4. The van der Waals surface area contributed by atoms with E-state index in [9.17, 15) is 18.4 Å². The zero-order valence-corrected chi connectivity index (χ0v) is 24.1. The van der Waals surface area contributed by atoms with E-state index in [1.165, 1.54) is 33.9 Å². The second-order valence-corrected chi connectivity index (χ2v) is 11.8. The molecule has 1 aliphatic heterocycles. The number of amides is 3. The summed E-state index contributed by atoms with van der Waals surface area (Å²) in [6, 6.07) is -0.855. The molecule has 238 valence electrons. The van der Waals surface area contributed by atoms with Gasteiger partial charge in [0.05, 0.1) is 61.4 Å². The molecule has 0 aromatic carbocycles. The normalized spacial score (nSPS) is 25.4. The van der Waals surface area contributed by atoms with Crippen LogP contribution in [0.25, 0.3) is 5.65 Å². The fourth-order valence-electron chi connectivity index (χ4n) is 5.62. The van der Waals surface area contributed by atoms with E-state index in [0.29, 0.717) is 18.5 Å². The molecule has 3 aliphatic rings. The van der Waals surface area contributed by atoms with Crippen LogP contribution >= 0.6 is 0 Å². The van der Waals surface area contributed by atoms with Gasteiger partial charge in [0.25, 0.3) is 11.8 Å². The van der Waals surface area contributed by atoms with Gasteiger partial charge in [-0.2, -0.15) is 10.2 Å². The molecule has 0 spiro atoms. The Bertz CT molecular complexity index is 1690. The number of aromatic nitrogens is 5. The molecule has 4 heterocycles. The Labute approximate surface area is 256 Å². The number of imidazole rings is 1. The Balaban J connectivity index is 1.36. The maximum atomic E-state index is 15.1. The van der Waals surface area contributed by atoms with Crippen LogP contribution in [0.4, 0.5) is 22.4 Å². The monoisotopic (exact) mass is 624 g/mol. The van der Waals surface area contributed by atoms with E-state index in [-0.39, 0.29) is 66.2 Å². The Morgan fingerprint density at radius 1 is 1.18 bits per heavy atom. The lowest BCUT2D eigenvalue weighted by atomic mass is 9.81. The van der Waals surface area contributed by atoms with Crippen molar-refractivity contribution in [3.05, 3.63) is 47.7 Å². The van der Waals surface area contributed by atoms with E-state index in [1.807, 2.05) is 13.8 Å². The highest BCUT2D eigenvalue weighted by atomic mass is 19.3. The van der Waals surface area contributed by atoms with Crippen molar-refractivity contribution >= 4 is 17.6 Å². The molecule has 3 amide bonds. The maximum absolute atomic E-state index is 15.1. The van der Waals surface area contributed by atoms with Crippen LogP contribution in [0.2, 0.25) is 0 Å². The van der Waals surface area contributed by atoms with Gasteiger partial charge in [0.15, 0.2) is 5.65 Å². The number of hydrogen-bond donors (Lipinski definition) is 2. The number of carbonyl (C=O) groups is 2. The molecule has 0 unspecified atom stereocenters. The third-order valence-electron chi connectivity index (χ3n) is 8.11. The van der Waals surface area contributed by atoms with Crippen LogP contribution in [-0.4, -0.2) is 78.8 Å². The van der Waals surface area contributed by atoms with Gasteiger partial charge in [0.1, 0.15) is 5.69 Å². The van der Waals surface area contributed by atoms with Gasteiger partial charge in [0.2, 0.25) is 5.92 Å². The summed E-state index contributed by atoms with van der Waals surface area (Å²) < 4.78 is 98.8. The molecule has 2 saturated carbocycles. The first-order valence-corrected chi connectivity index (χ1v) is 14.6. The van der Waals surface area contributed by atoms with Crippen LogP contribution < -0.4 is 10.6 Å². The Kier molecular flexibility index (Phi) is 6.76. The molecule has 3 aromatic heterocycles. The number of urea groups is 1. The van der Waals surface area contributed by atoms with Crippen molar-refractivity contribution in [3.63, 3.8) is 0 Å². The number of hydrogen-bond acceptors (Lipinski definition) is 6. The number of rotatable bonds is 10. The minimum absolute atomic E-state index is 0.0799. The van der Waals surface area contributed by atoms with Gasteiger partial charge < -0.3 is 20.3 Å². The highest BCUT2D eigenvalue weighted by Gasteiger charge is 2.43. The first-order valence-electron chi connectivity index (χ1n) is 16.6. The molecule has 0 radical (unpaired) electrons. The van der Waals surface area contributed by atoms with Crippen LogP contribution in [0, 0.1) is 5.92 Å². The quantitative estimate of drug-likeness (QED) is 0.316. The summed E-state index contributed by atoms with van der Waals surface area (Å²) in [5.41, 5.74) is 0.798. The number of fused-ring (bicyclic) bond motifs is 1. The van der Waals surface area contributed by atoms with Crippen molar-refractivity contribution < 1.29 is 37.4 Å². The Morgan fingerprint density at radius 2 is 1.93 bits per heavy atom. The highest BCUT2D eigenvalue weighted by molar-refractivity contribution is 5.92. The summed E-state index contributed by atoms with van der Waals surface area (Å²) in [5, 5.41) is 13.1. The molecule has 11 nitrogen and oxygen atoms in total. The molecule has 2 atom stereocenters. The average Bonchev–Trinajstić information content (AvgIpc) is 3.51. The van der Waals surface area contributed by atoms with Crippen LogP contribution in [0.15, 0.2) is 30.7 Å². The van der Waals surface area contributed by atoms with Gasteiger partial charge in [0, 0.05) is 30.6 Å². The van der Waals surface area contributed by atoms with Crippen LogP contribution in [0.5, 0.6) is 0 Å². The van der Waals surface area contributed by atoms with Crippen molar-refractivity contribution in [3.8, 4) is 0 Å². The fraction of sp³-hybridized carbons (Fsp3) is 0.621.